The van der Waals surface area contributed by atoms with Crippen LogP contribution in [0.4, 0.5) is 5.82 Å². The highest BCUT2D eigenvalue weighted by atomic mass is 16.5. The second-order valence-corrected chi connectivity index (χ2v) is 3.44. The number of aromatic nitrogens is 4. The van der Waals surface area contributed by atoms with Crippen molar-refractivity contribution in [3.8, 4) is 0 Å². The average molecular weight is 237 g/mol. The van der Waals surface area contributed by atoms with E-state index in [1.807, 2.05) is 0 Å². The lowest BCUT2D eigenvalue weighted by molar-refractivity contribution is 0.0922. The van der Waals surface area contributed by atoms with Crippen molar-refractivity contribution in [1.29, 1.82) is 0 Å². The Morgan fingerprint density at radius 1 is 1.29 bits per heavy atom. The van der Waals surface area contributed by atoms with Gasteiger partial charge in [-0.2, -0.15) is 0 Å². The highest BCUT2D eigenvalue weighted by Crippen LogP contribution is 2.13. The number of anilines is 1. The predicted molar refractivity (Wildman–Crippen MR) is 62.7 cm³/mol. The van der Waals surface area contributed by atoms with Crippen molar-refractivity contribution in [3.05, 3.63) is 12.7 Å². The summed E-state index contributed by atoms with van der Waals surface area (Å²) in [5.41, 5.74) is 1.46. The lowest BCUT2D eigenvalue weighted by Crippen LogP contribution is -2.09. The van der Waals surface area contributed by atoms with Gasteiger partial charge in [0.1, 0.15) is 11.8 Å². The Bertz CT molecular complexity index is 459. The van der Waals surface area contributed by atoms with E-state index in [0.717, 1.165) is 24.3 Å². The van der Waals surface area contributed by atoms with Crippen molar-refractivity contribution in [2.45, 2.75) is 6.42 Å². The smallest absolute Gasteiger partial charge is 0.182 e. The number of fused-ring (bicyclic) bond motifs is 1. The molecule has 0 amide bonds. The molecular formula is C10H15N5O2. The summed E-state index contributed by atoms with van der Waals surface area (Å²) in [6.45, 7) is 1.81. The summed E-state index contributed by atoms with van der Waals surface area (Å²) in [4.78, 5) is 15.2. The number of aromatic amines is 1. The van der Waals surface area contributed by atoms with Gasteiger partial charge in [-0.05, 0) is 6.42 Å². The van der Waals surface area contributed by atoms with Crippen LogP contribution in [0.1, 0.15) is 6.42 Å². The van der Waals surface area contributed by atoms with Crippen molar-refractivity contribution in [2.75, 3.05) is 31.7 Å². The van der Waals surface area contributed by atoms with E-state index >= 15 is 0 Å². The van der Waals surface area contributed by atoms with Crippen LogP contribution in [0.3, 0.4) is 0 Å². The summed E-state index contributed by atoms with van der Waals surface area (Å²) < 4.78 is 5.15. The minimum atomic E-state index is 0.0636. The van der Waals surface area contributed by atoms with E-state index in [1.54, 1.807) is 6.33 Å². The van der Waals surface area contributed by atoms with Gasteiger partial charge >= 0.3 is 0 Å². The maximum absolute atomic E-state index is 8.53. The van der Waals surface area contributed by atoms with Crippen molar-refractivity contribution in [2.24, 2.45) is 0 Å². The number of nitrogens with one attached hydrogen (secondary N) is 2. The molecule has 7 nitrogen and oxygen atoms in total. The molecule has 0 aliphatic heterocycles. The molecule has 0 saturated carbocycles. The van der Waals surface area contributed by atoms with E-state index in [4.69, 9.17) is 9.84 Å². The molecule has 0 aliphatic carbocycles. The van der Waals surface area contributed by atoms with Gasteiger partial charge in [-0.3, -0.25) is 0 Å². The van der Waals surface area contributed by atoms with Gasteiger partial charge in [-0.25, -0.2) is 15.0 Å². The first-order valence-corrected chi connectivity index (χ1v) is 5.48. The van der Waals surface area contributed by atoms with E-state index in [1.165, 1.54) is 6.33 Å². The number of H-pyrrole nitrogens is 1. The minimum absolute atomic E-state index is 0.0636. The standard InChI is InChI=1S/C10H15N5O2/c16-3-5-17-4-1-2-11-9-8-10(13-6-12-8)15-7-14-9/h6-7,16H,1-5H2,(H2,11,12,13,14,15). The van der Waals surface area contributed by atoms with Gasteiger partial charge in [0.05, 0.1) is 19.5 Å². The van der Waals surface area contributed by atoms with Crippen molar-refractivity contribution in [1.82, 2.24) is 19.9 Å². The molecule has 2 rings (SSSR count). The third-order valence-corrected chi connectivity index (χ3v) is 2.22. The first-order valence-electron chi connectivity index (χ1n) is 5.48. The number of aliphatic hydroxyl groups excluding tert-OH is 1. The highest BCUT2D eigenvalue weighted by molar-refractivity contribution is 5.81. The second kappa shape index (κ2) is 6.12. The van der Waals surface area contributed by atoms with Crippen LogP contribution in [0.2, 0.25) is 0 Å². The zero-order chi connectivity index (χ0) is 11.9. The Morgan fingerprint density at radius 2 is 2.24 bits per heavy atom. The summed E-state index contributed by atoms with van der Waals surface area (Å²) in [5, 5.41) is 11.7. The van der Waals surface area contributed by atoms with E-state index < -0.39 is 0 Å². The number of hydrogen-bond acceptors (Lipinski definition) is 6. The third kappa shape index (κ3) is 3.11. The van der Waals surface area contributed by atoms with Crippen LogP contribution < -0.4 is 5.32 Å². The van der Waals surface area contributed by atoms with Crippen molar-refractivity contribution in [3.63, 3.8) is 0 Å². The maximum Gasteiger partial charge on any atom is 0.182 e. The van der Waals surface area contributed by atoms with Crippen LogP contribution in [0.25, 0.3) is 11.2 Å². The Labute approximate surface area is 98.3 Å². The first kappa shape index (κ1) is 11.7. The fourth-order valence-electron chi connectivity index (χ4n) is 1.45. The van der Waals surface area contributed by atoms with Gasteiger partial charge in [-0.1, -0.05) is 0 Å². The molecular weight excluding hydrogens is 222 g/mol. The van der Waals surface area contributed by atoms with Gasteiger partial charge in [0.25, 0.3) is 0 Å². The molecule has 0 atom stereocenters. The van der Waals surface area contributed by atoms with Gasteiger partial charge in [0.15, 0.2) is 11.5 Å². The molecule has 2 aromatic rings. The topological polar surface area (TPSA) is 96.0 Å². The largest absolute Gasteiger partial charge is 0.394 e. The zero-order valence-corrected chi connectivity index (χ0v) is 9.39. The van der Waals surface area contributed by atoms with Gasteiger partial charge < -0.3 is 20.1 Å². The monoisotopic (exact) mass is 237 g/mol. The minimum Gasteiger partial charge on any atom is -0.394 e. The highest BCUT2D eigenvalue weighted by Gasteiger charge is 2.04. The Morgan fingerprint density at radius 3 is 3.12 bits per heavy atom. The summed E-state index contributed by atoms with van der Waals surface area (Å²) in [7, 11) is 0. The van der Waals surface area contributed by atoms with E-state index in [0.29, 0.717) is 18.9 Å². The second-order valence-electron chi connectivity index (χ2n) is 3.44. The van der Waals surface area contributed by atoms with Crippen LogP contribution in [-0.2, 0) is 4.74 Å². The van der Waals surface area contributed by atoms with Crippen molar-refractivity contribution >= 4 is 17.0 Å². The van der Waals surface area contributed by atoms with Crippen LogP contribution in [-0.4, -0.2) is 51.4 Å². The molecule has 0 aliphatic rings. The van der Waals surface area contributed by atoms with Gasteiger partial charge in [0.2, 0.25) is 0 Å². The molecule has 0 fully saturated rings. The summed E-state index contributed by atoms with van der Waals surface area (Å²) >= 11 is 0. The summed E-state index contributed by atoms with van der Waals surface area (Å²) in [6, 6.07) is 0. The van der Waals surface area contributed by atoms with E-state index in [2.05, 4.69) is 25.3 Å². The maximum atomic E-state index is 8.53. The molecule has 0 bridgehead atoms. The zero-order valence-electron chi connectivity index (χ0n) is 9.39. The Balaban J connectivity index is 1.80. The number of nitrogens with zero attached hydrogens (tertiary/aromatic N) is 3. The lowest BCUT2D eigenvalue weighted by Gasteiger charge is -2.05. The Kier molecular flexibility index (Phi) is 4.23. The molecule has 92 valence electrons. The fraction of sp³-hybridized carbons (Fsp3) is 0.500. The van der Waals surface area contributed by atoms with Crippen LogP contribution >= 0.6 is 0 Å². The molecule has 2 aromatic heterocycles. The number of imidazole rings is 1. The molecule has 0 aromatic carbocycles. The number of hydrogen-bond donors (Lipinski definition) is 3. The van der Waals surface area contributed by atoms with Gasteiger partial charge in [-0.15, -0.1) is 0 Å². The molecule has 2 heterocycles. The van der Waals surface area contributed by atoms with E-state index in [-0.39, 0.29) is 6.61 Å². The molecule has 7 heteroatoms. The summed E-state index contributed by atoms with van der Waals surface area (Å²) in [6.07, 6.45) is 3.92. The quantitative estimate of drug-likeness (QED) is 0.594. The number of aliphatic hydroxyl groups is 1. The fourth-order valence-corrected chi connectivity index (χ4v) is 1.45. The van der Waals surface area contributed by atoms with Gasteiger partial charge in [0, 0.05) is 13.2 Å². The molecule has 3 N–H and O–H groups in total. The predicted octanol–water partition coefficient (Wildman–Crippen LogP) is 0.164. The lowest BCUT2D eigenvalue weighted by atomic mass is 10.4. The molecule has 17 heavy (non-hydrogen) atoms. The van der Waals surface area contributed by atoms with E-state index in [9.17, 15) is 0 Å². The van der Waals surface area contributed by atoms with Crippen LogP contribution in [0, 0.1) is 0 Å². The van der Waals surface area contributed by atoms with Crippen molar-refractivity contribution < 1.29 is 9.84 Å². The SMILES string of the molecule is OCCOCCCNc1ncnc2nc[nH]c12. The third-order valence-electron chi connectivity index (χ3n) is 2.22. The molecule has 0 spiro atoms. The van der Waals surface area contributed by atoms with Crippen LogP contribution in [0.5, 0.6) is 0 Å². The van der Waals surface area contributed by atoms with Crippen LogP contribution in [0.15, 0.2) is 12.7 Å². The molecule has 0 unspecified atom stereocenters. The number of rotatable bonds is 7. The molecule has 0 saturated heterocycles. The summed E-state index contributed by atoms with van der Waals surface area (Å²) in [5.74, 6) is 0.745. The molecule has 0 radical (unpaired) electrons. The first-order chi connectivity index (χ1) is 8.42. The Hall–Kier alpha value is -1.73. The average Bonchev–Trinajstić information content (AvgIpc) is 2.82. The number of ether oxygens (including phenoxy) is 1. The normalized spacial score (nSPS) is 10.9.